The highest BCUT2D eigenvalue weighted by atomic mass is 35.5. The fourth-order valence-corrected chi connectivity index (χ4v) is 4.07. The first-order chi connectivity index (χ1) is 12.2. The molecule has 5 heteroatoms. The molecule has 1 aromatic rings. The van der Waals surface area contributed by atoms with Gasteiger partial charge in [0.05, 0.1) is 0 Å². The van der Waals surface area contributed by atoms with E-state index < -0.39 is 0 Å². The average molecular weight is 362 g/mol. The summed E-state index contributed by atoms with van der Waals surface area (Å²) in [5, 5.41) is 0.792. The summed E-state index contributed by atoms with van der Waals surface area (Å²) in [5.74, 6) is 0.280. The van der Waals surface area contributed by atoms with Crippen molar-refractivity contribution in [2.75, 3.05) is 44.2 Å². The van der Waals surface area contributed by atoms with Crippen LogP contribution in [0.5, 0.6) is 0 Å². The quantitative estimate of drug-likeness (QED) is 0.752. The molecule has 0 spiro atoms. The second-order valence-electron chi connectivity index (χ2n) is 6.97. The minimum Gasteiger partial charge on any atom is -0.369 e. The number of hydrogen-bond donors (Lipinski definition) is 0. The van der Waals surface area contributed by atoms with Crippen LogP contribution in [0.15, 0.2) is 36.9 Å². The number of allylic oxidation sites excluding steroid dienone is 1. The number of benzene rings is 1. The SMILES string of the molecule is C=CCCC(=O)N1CCCC(N2CCN(c3cccc(Cl)c3)CC2)C1. The number of rotatable bonds is 5. The molecule has 2 saturated heterocycles. The van der Waals surface area contributed by atoms with Crippen LogP contribution in [0.2, 0.25) is 5.02 Å². The molecular formula is C20H28ClN3O. The zero-order chi connectivity index (χ0) is 17.6. The van der Waals surface area contributed by atoms with Gasteiger partial charge in [-0.25, -0.2) is 0 Å². The van der Waals surface area contributed by atoms with Crippen molar-refractivity contribution in [3.8, 4) is 0 Å². The van der Waals surface area contributed by atoms with Gasteiger partial charge in [-0.3, -0.25) is 9.69 Å². The number of hydrogen-bond acceptors (Lipinski definition) is 3. The highest BCUT2D eigenvalue weighted by Gasteiger charge is 2.29. The van der Waals surface area contributed by atoms with Crippen molar-refractivity contribution in [3.05, 3.63) is 41.9 Å². The molecule has 1 aromatic carbocycles. The van der Waals surface area contributed by atoms with Crippen LogP contribution in [0, 0.1) is 0 Å². The van der Waals surface area contributed by atoms with Gasteiger partial charge in [0, 0.05) is 62.4 Å². The monoisotopic (exact) mass is 361 g/mol. The molecule has 25 heavy (non-hydrogen) atoms. The Labute approximate surface area is 156 Å². The molecule has 2 aliphatic heterocycles. The summed E-state index contributed by atoms with van der Waals surface area (Å²) in [4.78, 5) is 19.3. The molecule has 0 saturated carbocycles. The Hall–Kier alpha value is -1.52. The maximum Gasteiger partial charge on any atom is 0.222 e. The van der Waals surface area contributed by atoms with E-state index in [1.54, 1.807) is 0 Å². The maximum absolute atomic E-state index is 12.3. The van der Waals surface area contributed by atoms with Crippen LogP contribution in [-0.2, 0) is 4.79 Å². The Kier molecular flexibility index (Phi) is 6.38. The zero-order valence-electron chi connectivity index (χ0n) is 14.9. The van der Waals surface area contributed by atoms with Gasteiger partial charge in [0.1, 0.15) is 0 Å². The summed E-state index contributed by atoms with van der Waals surface area (Å²) < 4.78 is 0. The Balaban J connectivity index is 1.52. The summed E-state index contributed by atoms with van der Waals surface area (Å²) >= 11 is 6.12. The van der Waals surface area contributed by atoms with Gasteiger partial charge in [0.15, 0.2) is 0 Å². The molecule has 0 bridgehead atoms. The molecule has 1 unspecified atom stereocenters. The van der Waals surface area contributed by atoms with E-state index in [4.69, 9.17) is 11.6 Å². The highest BCUT2D eigenvalue weighted by Crippen LogP contribution is 2.23. The van der Waals surface area contributed by atoms with E-state index in [1.165, 1.54) is 12.1 Å². The molecule has 3 rings (SSSR count). The maximum atomic E-state index is 12.3. The lowest BCUT2D eigenvalue weighted by molar-refractivity contribution is -0.133. The minimum atomic E-state index is 0.280. The summed E-state index contributed by atoms with van der Waals surface area (Å²) in [6.07, 6.45) is 5.51. The van der Waals surface area contributed by atoms with Crippen LogP contribution in [0.25, 0.3) is 0 Å². The second-order valence-corrected chi connectivity index (χ2v) is 7.40. The Morgan fingerprint density at radius 2 is 2.04 bits per heavy atom. The molecule has 0 aliphatic carbocycles. The average Bonchev–Trinajstić information content (AvgIpc) is 2.66. The zero-order valence-corrected chi connectivity index (χ0v) is 15.6. The summed E-state index contributed by atoms with van der Waals surface area (Å²) in [6.45, 7) is 9.63. The van der Waals surface area contributed by atoms with Crippen molar-refractivity contribution < 1.29 is 4.79 Å². The van der Waals surface area contributed by atoms with E-state index in [9.17, 15) is 4.79 Å². The fraction of sp³-hybridized carbons (Fsp3) is 0.550. The van der Waals surface area contributed by atoms with E-state index in [0.29, 0.717) is 12.5 Å². The van der Waals surface area contributed by atoms with Crippen LogP contribution in [0.3, 0.4) is 0 Å². The molecule has 4 nitrogen and oxygen atoms in total. The van der Waals surface area contributed by atoms with Crippen LogP contribution in [0.4, 0.5) is 5.69 Å². The highest BCUT2D eigenvalue weighted by molar-refractivity contribution is 6.30. The van der Waals surface area contributed by atoms with Crippen molar-refractivity contribution in [2.24, 2.45) is 0 Å². The summed E-state index contributed by atoms with van der Waals surface area (Å²) in [6, 6.07) is 8.60. The number of nitrogens with zero attached hydrogens (tertiary/aromatic N) is 3. The predicted octanol–water partition coefficient (Wildman–Crippen LogP) is 3.42. The van der Waals surface area contributed by atoms with Crippen LogP contribution in [-0.4, -0.2) is 61.0 Å². The topological polar surface area (TPSA) is 26.8 Å². The Bertz CT molecular complexity index is 598. The molecule has 2 fully saturated rings. The van der Waals surface area contributed by atoms with E-state index in [-0.39, 0.29) is 5.91 Å². The Morgan fingerprint density at radius 3 is 2.76 bits per heavy atom. The van der Waals surface area contributed by atoms with Crippen molar-refractivity contribution in [1.82, 2.24) is 9.80 Å². The van der Waals surface area contributed by atoms with Crippen molar-refractivity contribution in [3.63, 3.8) is 0 Å². The lowest BCUT2D eigenvalue weighted by atomic mass is 10.0. The van der Waals surface area contributed by atoms with Gasteiger partial charge in [-0.2, -0.15) is 0 Å². The van der Waals surface area contributed by atoms with Crippen molar-refractivity contribution in [1.29, 1.82) is 0 Å². The third-order valence-electron chi connectivity index (χ3n) is 5.32. The molecule has 136 valence electrons. The van der Waals surface area contributed by atoms with Gasteiger partial charge >= 0.3 is 0 Å². The largest absolute Gasteiger partial charge is 0.369 e. The van der Waals surface area contributed by atoms with Gasteiger partial charge in [-0.1, -0.05) is 23.7 Å². The predicted molar refractivity (Wildman–Crippen MR) is 104 cm³/mol. The van der Waals surface area contributed by atoms with Crippen LogP contribution in [0.1, 0.15) is 25.7 Å². The number of carbonyl (C=O) groups is 1. The van der Waals surface area contributed by atoms with Crippen molar-refractivity contribution in [2.45, 2.75) is 31.7 Å². The first-order valence-corrected chi connectivity index (χ1v) is 9.68. The summed E-state index contributed by atoms with van der Waals surface area (Å²) in [5.41, 5.74) is 1.21. The number of carbonyl (C=O) groups excluding carboxylic acids is 1. The number of anilines is 1. The van der Waals surface area contributed by atoms with Gasteiger partial charge in [-0.15, -0.1) is 6.58 Å². The van der Waals surface area contributed by atoms with E-state index in [0.717, 1.165) is 57.1 Å². The molecule has 0 N–H and O–H groups in total. The first-order valence-electron chi connectivity index (χ1n) is 9.30. The normalized spacial score (nSPS) is 22.0. The molecule has 2 heterocycles. The van der Waals surface area contributed by atoms with E-state index in [2.05, 4.69) is 27.3 Å². The van der Waals surface area contributed by atoms with Crippen LogP contribution >= 0.6 is 11.6 Å². The standard InChI is InChI=1S/C20H28ClN3O/c1-2-3-9-20(25)24-10-5-8-19(16-24)23-13-11-22(12-14-23)18-7-4-6-17(21)15-18/h2,4,6-7,15,19H,1,3,5,8-14,16H2. The minimum absolute atomic E-state index is 0.280. The molecule has 0 aromatic heterocycles. The third kappa shape index (κ3) is 4.77. The molecular weight excluding hydrogens is 334 g/mol. The number of piperazine rings is 1. The number of amides is 1. The lowest BCUT2D eigenvalue weighted by Crippen LogP contribution is -2.55. The number of piperidine rings is 1. The van der Waals surface area contributed by atoms with Gasteiger partial charge in [0.25, 0.3) is 0 Å². The van der Waals surface area contributed by atoms with Gasteiger partial charge in [0.2, 0.25) is 5.91 Å². The van der Waals surface area contributed by atoms with Crippen molar-refractivity contribution >= 4 is 23.2 Å². The first kappa shape index (κ1) is 18.3. The molecule has 0 radical (unpaired) electrons. The fourth-order valence-electron chi connectivity index (χ4n) is 3.88. The smallest absolute Gasteiger partial charge is 0.222 e. The molecule has 1 atom stereocenters. The molecule has 1 amide bonds. The summed E-state index contributed by atoms with van der Waals surface area (Å²) in [7, 11) is 0. The Morgan fingerprint density at radius 1 is 1.24 bits per heavy atom. The van der Waals surface area contributed by atoms with Gasteiger partial charge < -0.3 is 9.80 Å². The molecule has 2 aliphatic rings. The van der Waals surface area contributed by atoms with Gasteiger partial charge in [-0.05, 0) is 37.5 Å². The number of likely N-dealkylation sites (tertiary alicyclic amines) is 1. The number of halogens is 1. The van der Waals surface area contributed by atoms with E-state index in [1.807, 2.05) is 24.3 Å². The lowest BCUT2D eigenvalue weighted by Gasteiger charge is -2.44. The second kappa shape index (κ2) is 8.72. The third-order valence-corrected chi connectivity index (χ3v) is 5.55. The van der Waals surface area contributed by atoms with Crippen LogP contribution < -0.4 is 4.90 Å². The van der Waals surface area contributed by atoms with E-state index >= 15 is 0 Å².